The van der Waals surface area contributed by atoms with Crippen molar-refractivity contribution in [2.45, 2.75) is 31.0 Å². The van der Waals surface area contributed by atoms with Crippen LogP contribution in [0.15, 0.2) is 18.5 Å². The number of imidazole rings is 1. The Hall–Kier alpha value is -2.92. The Morgan fingerprint density at radius 1 is 1.32 bits per heavy atom. The molecule has 2 aliphatic heterocycles. The van der Waals surface area contributed by atoms with E-state index in [1.54, 1.807) is 13.2 Å². The van der Waals surface area contributed by atoms with Crippen LogP contribution in [0.3, 0.4) is 0 Å². The van der Waals surface area contributed by atoms with E-state index in [4.69, 9.17) is 14.6 Å². The van der Waals surface area contributed by atoms with Crippen molar-refractivity contribution >= 4 is 11.6 Å². The van der Waals surface area contributed by atoms with Crippen LogP contribution in [-0.4, -0.2) is 70.2 Å². The van der Waals surface area contributed by atoms with Crippen LogP contribution in [-0.2, 0) is 10.2 Å². The van der Waals surface area contributed by atoms with E-state index in [0.717, 1.165) is 6.20 Å². The molecule has 31 heavy (non-hydrogen) atoms. The number of halogens is 2. The Kier molecular flexibility index (Phi) is 4.94. The highest BCUT2D eigenvalue weighted by molar-refractivity contribution is 5.62. The molecule has 11 heteroatoms. The van der Waals surface area contributed by atoms with Gasteiger partial charge < -0.3 is 20.1 Å². The van der Waals surface area contributed by atoms with Crippen LogP contribution in [0.5, 0.6) is 5.75 Å². The Labute approximate surface area is 177 Å². The number of methoxy groups -OCH3 is 1. The molecule has 0 radical (unpaired) electrons. The Morgan fingerprint density at radius 3 is 2.87 bits per heavy atom. The summed E-state index contributed by atoms with van der Waals surface area (Å²) >= 11 is 0. The van der Waals surface area contributed by atoms with Gasteiger partial charge in [-0.1, -0.05) is 0 Å². The highest BCUT2D eigenvalue weighted by Crippen LogP contribution is 2.37. The normalized spacial score (nSPS) is 22.8. The van der Waals surface area contributed by atoms with Crippen LogP contribution >= 0.6 is 0 Å². The molecule has 0 saturated carbocycles. The predicted molar refractivity (Wildman–Crippen MR) is 108 cm³/mol. The van der Waals surface area contributed by atoms with Gasteiger partial charge in [-0.05, 0) is 19.9 Å². The van der Waals surface area contributed by atoms with Crippen LogP contribution in [0.1, 0.15) is 19.0 Å². The number of anilines is 1. The average molecular weight is 431 g/mol. The van der Waals surface area contributed by atoms with E-state index in [1.165, 1.54) is 10.7 Å². The first-order valence-electron chi connectivity index (χ1n) is 10.1. The van der Waals surface area contributed by atoms with Gasteiger partial charge in [0.2, 0.25) is 5.95 Å². The highest BCUT2D eigenvalue weighted by Gasteiger charge is 2.40. The molecule has 0 aromatic carbocycles. The smallest absolute Gasteiger partial charge is 0.223 e. The summed E-state index contributed by atoms with van der Waals surface area (Å²) in [5.41, 5.74) is 1.29. The molecule has 2 N–H and O–H groups in total. The van der Waals surface area contributed by atoms with Gasteiger partial charge in [0.05, 0.1) is 44.2 Å². The number of piperidine rings is 1. The van der Waals surface area contributed by atoms with E-state index in [9.17, 15) is 8.78 Å². The second-order valence-corrected chi connectivity index (χ2v) is 8.18. The Bertz CT molecular complexity index is 1120. The lowest BCUT2D eigenvalue weighted by molar-refractivity contribution is -0.0535. The maximum Gasteiger partial charge on any atom is 0.223 e. The summed E-state index contributed by atoms with van der Waals surface area (Å²) in [7, 11) is 1.57. The van der Waals surface area contributed by atoms with Gasteiger partial charge in [-0.3, -0.25) is 0 Å². The molecule has 0 amide bonds. The van der Waals surface area contributed by atoms with E-state index in [-0.39, 0.29) is 17.1 Å². The fraction of sp³-hybridized carbons (Fsp3) is 0.500. The lowest BCUT2D eigenvalue weighted by Crippen LogP contribution is -2.46. The second kappa shape index (κ2) is 7.65. The number of alkyl halides is 1. The maximum absolute atomic E-state index is 14.7. The summed E-state index contributed by atoms with van der Waals surface area (Å²) in [6.45, 7) is 4.13. The Balaban J connectivity index is 1.55. The number of aromatic nitrogens is 5. The van der Waals surface area contributed by atoms with E-state index < -0.39 is 18.0 Å². The topological polar surface area (TPSA) is 98.5 Å². The van der Waals surface area contributed by atoms with Crippen LogP contribution in [0.25, 0.3) is 17.0 Å². The fourth-order valence-electron chi connectivity index (χ4n) is 3.93. The van der Waals surface area contributed by atoms with E-state index in [1.807, 2.05) is 6.92 Å². The van der Waals surface area contributed by atoms with Crippen LogP contribution in [0.2, 0.25) is 0 Å². The molecule has 2 fully saturated rings. The molecule has 164 valence electrons. The number of nitrogens with zero attached hydrogens (tertiary/aromatic N) is 5. The number of rotatable bonds is 5. The van der Waals surface area contributed by atoms with Gasteiger partial charge in [-0.25, -0.2) is 28.2 Å². The monoisotopic (exact) mass is 431 g/mol. The molecular formula is C20H23F2N7O2. The molecule has 0 spiro atoms. The lowest BCUT2D eigenvalue weighted by Gasteiger charge is -2.37. The summed E-state index contributed by atoms with van der Waals surface area (Å²) < 4.78 is 41.3. The average Bonchev–Trinajstić information content (AvgIpc) is 3.16. The fourth-order valence-corrected chi connectivity index (χ4v) is 3.93. The molecule has 3 aromatic rings. The maximum atomic E-state index is 14.7. The predicted octanol–water partition coefficient (Wildman–Crippen LogP) is 1.73. The van der Waals surface area contributed by atoms with Crippen molar-refractivity contribution < 1.29 is 18.3 Å². The zero-order valence-electron chi connectivity index (χ0n) is 17.2. The zero-order valence-corrected chi connectivity index (χ0v) is 17.2. The summed E-state index contributed by atoms with van der Waals surface area (Å²) in [5, 5.41) is 10.8. The molecule has 0 aliphatic carbocycles. The minimum Gasteiger partial charge on any atom is -0.495 e. The second-order valence-electron chi connectivity index (χ2n) is 8.18. The summed E-state index contributed by atoms with van der Waals surface area (Å²) in [6.07, 6.45) is 1.94. The Morgan fingerprint density at radius 2 is 2.16 bits per heavy atom. The molecule has 2 unspecified atom stereocenters. The van der Waals surface area contributed by atoms with E-state index in [2.05, 4.69) is 25.6 Å². The van der Waals surface area contributed by atoms with Crippen LogP contribution in [0, 0.1) is 5.82 Å². The van der Waals surface area contributed by atoms with Crippen molar-refractivity contribution in [2.75, 3.05) is 38.7 Å². The molecule has 3 aromatic heterocycles. The molecule has 2 saturated heterocycles. The van der Waals surface area contributed by atoms with Crippen molar-refractivity contribution in [2.24, 2.45) is 0 Å². The van der Waals surface area contributed by atoms with Gasteiger partial charge in [-0.15, -0.1) is 0 Å². The minimum absolute atomic E-state index is 0.0304. The van der Waals surface area contributed by atoms with Crippen molar-refractivity contribution in [1.29, 1.82) is 0 Å². The van der Waals surface area contributed by atoms with Gasteiger partial charge >= 0.3 is 0 Å². The number of hydrogen-bond donors (Lipinski definition) is 2. The highest BCUT2D eigenvalue weighted by atomic mass is 19.1. The molecule has 5 heterocycles. The third-order valence-electron chi connectivity index (χ3n) is 5.79. The quantitative estimate of drug-likeness (QED) is 0.630. The summed E-state index contributed by atoms with van der Waals surface area (Å²) in [4.78, 5) is 12.6. The van der Waals surface area contributed by atoms with Gasteiger partial charge in [0.15, 0.2) is 11.5 Å². The van der Waals surface area contributed by atoms with Crippen molar-refractivity contribution in [1.82, 2.24) is 29.9 Å². The van der Waals surface area contributed by atoms with Crippen LogP contribution in [0.4, 0.5) is 14.7 Å². The minimum atomic E-state index is -1.03. The first-order chi connectivity index (χ1) is 15.0. The first kappa shape index (κ1) is 20.0. The summed E-state index contributed by atoms with van der Waals surface area (Å²) in [5.74, 6) is 0.124. The molecular weight excluding hydrogens is 408 g/mol. The molecule has 9 nitrogen and oxygen atoms in total. The van der Waals surface area contributed by atoms with Gasteiger partial charge in [-0.2, -0.15) is 5.10 Å². The number of nitrogens with one attached hydrogen (secondary N) is 2. The number of hydrogen-bond acceptors (Lipinski definition) is 8. The number of fused-ring (bicyclic) bond motifs is 1. The third-order valence-corrected chi connectivity index (χ3v) is 5.79. The zero-order chi connectivity index (χ0) is 21.6. The molecule has 2 aliphatic rings. The standard InChI is InChI=1S/C20H23F2N7O2/c1-20(9-31-10-20)18-15(30-2)5-16-24-8-14(29(16)28-18)17-12(22)6-25-19(27-17)26-13-7-23-4-3-11(13)21/h5-6,8,11,13,23H,3-4,7,9-10H2,1-2H3,(H,25,26,27). The van der Waals surface area contributed by atoms with Crippen molar-refractivity contribution in [3.63, 3.8) is 0 Å². The summed E-state index contributed by atoms with van der Waals surface area (Å²) in [6, 6.07) is 1.27. The molecule has 0 bridgehead atoms. The van der Waals surface area contributed by atoms with Crippen molar-refractivity contribution in [3.8, 4) is 17.1 Å². The van der Waals surface area contributed by atoms with Gasteiger partial charge in [0.1, 0.15) is 29.0 Å². The molecule has 5 rings (SSSR count). The third kappa shape index (κ3) is 3.47. The van der Waals surface area contributed by atoms with Crippen molar-refractivity contribution in [3.05, 3.63) is 30.0 Å². The SMILES string of the molecule is COc1cc2ncc(-c3nc(NC4CNCCC4F)ncc3F)n2nc1C1(C)COC1. The van der Waals surface area contributed by atoms with E-state index in [0.29, 0.717) is 55.5 Å². The molecule has 2 atom stereocenters. The number of ether oxygens (including phenoxy) is 2. The van der Waals surface area contributed by atoms with E-state index >= 15 is 0 Å². The van der Waals surface area contributed by atoms with Gasteiger partial charge in [0, 0.05) is 12.6 Å². The largest absolute Gasteiger partial charge is 0.495 e. The van der Waals surface area contributed by atoms with Gasteiger partial charge in [0.25, 0.3) is 0 Å². The van der Waals surface area contributed by atoms with Crippen LogP contribution < -0.4 is 15.4 Å². The lowest BCUT2D eigenvalue weighted by atomic mass is 9.84. The first-order valence-corrected chi connectivity index (χ1v) is 10.1.